The van der Waals surface area contributed by atoms with E-state index in [1.165, 1.54) is 11.1 Å². The molecule has 6 rings (SSSR count). The quantitative estimate of drug-likeness (QED) is 0.178. The molecular weight excluding hydrogens is 638 g/mol. The second kappa shape index (κ2) is 14.5. The number of Topliss-reactive ketones (excluding diaryl/α,β-unsaturated/α-hetero) is 1. The molecule has 0 aromatic heterocycles. The highest BCUT2D eigenvalue weighted by Crippen LogP contribution is 2.39. The van der Waals surface area contributed by atoms with Gasteiger partial charge in [0.1, 0.15) is 30.3 Å². The van der Waals surface area contributed by atoms with Crippen molar-refractivity contribution in [2.75, 3.05) is 39.3 Å². The van der Waals surface area contributed by atoms with Gasteiger partial charge < -0.3 is 24.4 Å². The fourth-order valence-electron chi connectivity index (χ4n) is 8.51. The molecule has 4 heterocycles. The molecule has 2 aliphatic carbocycles. The van der Waals surface area contributed by atoms with E-state index in [4.69, 9.17) is 15.9 Å². The number of piperazine rings is 1. The summed E-state index contributed by atoms with van der Waals surface area (Å²) in [5, 5.41) is 13.1. The van der Waals surface area contributed by atoms with Gasteiger partial charge in [0.25, 0.3) is 0 Å². The number of halogens is 4. The third kappa shape index (κ3) is 6.78. The molecule has 15 heteroatoms. The van der Waals surface area contributed by atoms with E-state index in [1.807, 2.05) is 4.90 Å². The van der Waals surface area contributed by atoms with E-state index >= 15 is 13.2 Å². The molecule has 0 aromatic carbocycles. The third-order valence-electron chi connectivity index (χ3n) is 11.0. The van der Waals surface area contributed by atoms with Crippen molar-refractivity contribution >= 4 is 17.8 Å². The summed E-state index contributed by atoms with van der Waals surface area (Å²) in [6.45, 7) is 3.53. The maximum Gasteiger partial charge on any atom is 0.410 e. The number of ether oxygens (including phenoxy) is 2. The third-order valence-corrected chi connectivity index (χ3v) is 11.0. The van der Waals surface area contributed by atoms with Crippen LogP contribution in [0.5, 0.6) is 0 Å². The Morgan fingerprint density at radius 1 is 1.00 bits per heavy atom. The summed E-state index contributed by atoms with van der Waals surface area (Å²) in [4.78, 5) is 45.5. The largest absolute Gasteiger partial charge is 0.462 e. The summed E-state index contributed by atoms with van der Waals surface area (Å²) in [7, 11) is 0. The van der Waals surface area contributed by atoms with E-state index < -0.39 is 79.0 Å². The first kappa shape index (κ1) is 34.9. The average molecular weight is 684 g/mol. The molecule has 0 aromatic rings. The van der Waals surface area contributed by atoms with Crippen LogP contribution in [-0.2, 0) is 19.1 Å². The van der Waals surface area contributed by atoms with Gasteiger partial charge in [0.15, 0.2) is 18.0 Å². The summed E-state index contributed by atoms with van der Waals surface area (Å²) in [5.74, 6) is -0.204. The molecule has 0 spiro atoms. The molecule has 2 N–H and O–H groups in total. The van der Waals surface area contributed by atoms with Gasteiger partial charge in [0.05, 0.1) is 37.4 Å². The number of piperidine rings is 1. The maximum atomic E-state index is 15.9. The lowest BCUT2D eigenvalue weighted by Gasteiger charge is -2.53. The minimum absolute atomic E-state index is 0.0323. The highest BCUT2D eigenvalue weighted by atomic mass is 19.2. The molecule has 266 valence electrons. The molecule has 2 saturated carbocycles. The number of aliphatic hydroxyl groups is 1. The van der Waals surface area contributed by atoms with Gasteiger partial charge in [0.2, 0.25) is 0 Å². The van der Waals surface area contributed by atoms with E-state index in [1.54, 1.807) is 11.8 Å². The second-order valence-electron chi connectivity index (χ2n) is 13.8. The number of amides is 1. The van der Waals surface area contributed by atoms with Crippen molar-refractivity contribution in [2.45, 2.75) is 119 Å². The first-order valence-electron chi connectivity index (χ1n) is 17.1. The van der Waals surface area contributed by atoms with Gasteiger partial charge in [0, 0.05) is 57.3 Å². The van der Waals surface area contributed by atoms with Crippen molar-refractivity contribution < 1.29 is 46.5 Å². The van der Waals surface area contributed by atoms with Gasteiger partial charge in [-0.15, -0.1) is 6.42 Å². The number of ketones is 1. The molecule has 6 aliphatic rings. The maximum absolute atomic E-state index is 15.9. The normalized spacial score (nSPS) is 40.4. The number of fused-ring (bicyclic) bond motifs is 1. The molecule has 11 nitrogen and oxygen atoms in total. The number of aliphatic hydroxyl groups excluding tert-OH is 1. The lowest BCUT2D eigenvalue weighted by atomic mass is 9.80. The Bertz CT molecular complexity index is 1300. The zero-order chi connectivity index (χ0) is 34.3. The molecule has 48 heavy (non-hydrogen) atoms. The van der Waals surface area contributed by atoms with Crippen LogP contribution in [0.3, 0.4) is 0 Å². The lowest BCUT2D eigenvalue weighted by molar-refractivity contribution is -0.144. The van der Waals surface area contributed by atoms with Crippen molar-refractivity contribution in [2.24, 2.45) is 5.92 Å². The van der Waals surface area contributed by atoms with Gasteiger partial charge in [-0.2, -0.15) is 0 Å². The predicted molar refractivity (Wildman–Crippen MR) is 164 cm³/mol. The molecule has 0 radical (unpaired) electrons. The lowest BCUT2D eigenvalue weighted by Crippen LogP contribution is -2.71. The van der Waals surface area contributed by atoms with Crippen molar-refractivity contribution in [1.29, 1.82) is 0 Å². The minimum atomic E-state index is -1.54. The van der Waals surface area contributed by atoms with Crippen LogP contribution < -0.4 is 5.32 Å². The monoisotopic (exact) mass is 683 g/mol. The summed E-state index contributed by atoms with van der Waals surface area (Å²) in [6, 6.07) is -1.53. The van der Waals surface area contributed by atoms with Crippen LogP contribution in [0.15, 0.2) is 11.8 Å². The number of nitrogens with one attached hydrogen (secondary N) is 1. The number of hydrogen-bond acceptors (Lipinski definition) is 10. The smallest absolute Gasteiger partial charge is 0.410 e. The fourth-order valence-corrected chi connectivity index (χ4v) is 8.51. The zero-order valence-electron chi connectivity index (χ0n) is 27.1. The Balaban J connectivity index is 1.09. The van der Waals surface area contributed by atoms with Gasteiger partial charge in [-0.05, 0) is 39.0 Å². The predicted octanol–water partition coefficient (Wildman–Crippen LogP) is 1.84. The molecular formula is C33H45F4N5O6. The van der Waals surface area contributed by atoms with E-state index in [0.717, 1.165) is 0 Å². The summed E-state index contributed by atoms with van der Waals surface area (Å²) in [6.07, 6.45) is -2.17. The summed E-state index contributed by atoms with van der Waals surface area (Å²) >= 11 is 0. The van der Waals surface area contributed by atoms with E-state index in [0.29, 0.717) is 39.0 Å². The molecule has 11 unspecified atom stereocenters. The second-order valence-corrected chi connectivity index (χ2v) is 13.8. The van der Waals surface area contributed by atoms with Gasteiger partial charge in [-0.25, -0.2) is 27.2 Å². The van der Waals surface area contributed by atoms with Crippen molar-refractivity contribution in [3.05, 3.63) is 11.8 Å². The topological polar surface area (TPSA) is 115 Å². The first-order chi connectivity index (χ1) is 23.0. The van der Waals surface area contributed by atoms with Crippen molar-refractivity contribution in [1.82, 2.24) is 24.9 Å². The van der Waals surface area contributed by atoms with E-state index in [-0.39, 0.29) is 62.9 Å². The van der Waals surface area contributed by atoms with E-state index in [2.05, 4.69) is 16.1 Å². The van der Waals surface area contributed by atoms with E-state index in [9.17, 15) is 23.9 Å². The number of hydrogen-bond donors (Lipinski definition) is 2. The number of alkyl halides is 4. The molecule has 1 amide bonds. The zero-order valence-corrected chi connectivity index (χ0v) is 27.1. The number of nitrogens with zero attached hydrogens (tertiary/aromatic N) is 4. The molecule has 12 atom stereocenters. The minimum Gasteiger partial charge on any atom is -0.462 e. The van der Waals surface area contributed by atoms with Gasteiger partial charge >= 0.3 is 12.1 Å². The standard InChI is InChI=1S/C33H45F4N5O6/c1-3-27(43)28-17-41(33(46)48-28)19-6-8-25(23(36)14-19)39-9-11-40(12-10-39)31-24(37)15-20-29(44)21(32(45)47-4-2)16-42(30(20)38-31)26-7-5-18(34)13-22(26)35/h1,16,18-20,22-28,30-31,38,43H,4-15,17H2,2H3/t18?,19?,20?,22?,23?,24?,25?,26?,27?,28-,30?,31?/m1/s1. The Morgan fingerprint density at radius 3 is 2.35 bits per heavy atom. The molecule has 3 saturated heterocycles. The fraction of sp³-hybridized carbons (Fsp3) is 0.788. The number of carbonyl (C=O) groups is 3. The highest BCUT2D eigenvalue weighted by Gasteiger charge is 2.52. The Kier molecular flexibility index (Phi) is 10.6. The Hall–Kier alpha value is -2.93. The number of terminal acetylenes is 1. The SMILES string of the molecule is C#CC(O)[C@H]1CN(C2CCC(N3CCN(C4NC5C(CC4F)C(=O)C(C(=O)OCC)=CN5C4CCC(F)CC4F)CC3)C(F)C2)C(=O)O1. The number of rotatable bonds is 7. The van der Waals surface area contributed by atoms with Crippen LogP contribution in [0, 0.1) is 18.3 Å². The van der Waals surface area contributed by atoms with Crippen LogP contribution in [-0.4, -0.2) is 149 Å². The Labute approximate surface area is 277 Å². The van der Waals surface area contributed by atoms with Gasteiger partial charge in [-0.1, -0.05) is 5.92 Å². The van der Waals surface area contributed by atoms with Crippen molar-refractivity contribution in [3.63, 3.8) is 0 Å². The summed E-state index contributed by atoms with van der Waals surface area (Å²) in [5.41, 5.74) is -0.254. The van der Waals surface area contributed by atoms with Gasteiger partial charge in [-0.3, -0.25) is 19.9 Å². The molecule has 0 bridgehead atoms. The molecule has 5 fully saturated rings. The Morgan fingerprint density at radius 2 is 1.69 bits per heavy atom. The van der Waals surface area contributed by atoms with Crippen LogP contribution >= 0.6 is 0 Å². The van der Waals surface area contributed by atoms with Crippen LogP contribution in [0.1, 0.15) is 51.9 Å². The van der Waals surface area contributed by atoms with Crippen LogP contribution in [0.25, 0.3) is 0 Å². The van der Waals surface area contributed by atoms with Crippen molar-refractivity contribution in [3.8, 4) is 12.3 Å². The van der Waals surface area contributed by atoms with Crippen LogP contribution in [0.4, 0.5) is 22.4 Å². The number of cyclic esters (lactones) is 1. The number of carbonyl (C=O) groups excluding carboxylic acids is 3. The number of esters is 1. The summed E-state index contributed by atoms with van der Waals surface area (Å²) < 4.78 is 71.1. The first-order valence-corrected chi connectivity index (χ1v) is 17.1. The highest BCUT2D eigenvalue weighted by molar-refractivity contribution is 6.18. The average Bonchev–Trinajstić information content (AvgIpc) is 3.46. The molecule has 4 aliphatic heterocycles. The van der Waals surface area contributed by atoms with Crippen LogP contribution in [0.2, 0.25) is 0 Å².